The highest BCUT2D eigenvalue weighted by molar-refractivity contribution is 5.66. The Kier molecular flexibility index (Phi) is 7.13. The molecule has 0 aromatic carbocycles. The summed E-state index contributed by atoms with van der Waals surface area (Å²) in [4.78, 5) is 11.0. The Morgan fingerprint density at radius 2 is 1.86 bits per heavy atom. The van der Waals surface area contributed by atoms with Crippen molar-refractivity contribution in [3.8, 4) is 0 Å². The highest BCUT2D eigenvalue weighted by Crippen LogP contribution is 2.62. The summed E-state index contributed by atoms with van der Waals surface area (Å²) in [6.45, 7) is 6.87. The zero-order chi connectivity index (χ0) is 20.5. The fraction of sp³-hybridized carbons (Fsp3) is 0.958. The van der Waals surface area contributed by atoms with Crippen LogP contribution in [-0.4, -0.2) is 33.5 Å². The second-order valence-electron chi connectivity index (χ2n) is 10.8. The SMILES string of the molecule is C[C@H]1C[C@H](O)CCCC2CC[C@@]3(C)C(CCC3[C@H](C)CCC(=O)O)C2[C@H](O)C1. The van der Waals surface area contributed by atoms with Crippen molar-refractivity contribution < 1.29 is 20.1 Å². The number of hydrogen-bond donors (Lipinski definition) is 3. The molecule has 0 saturated heterocycles. The van der Waals surface area contributed by atoms with Crippen LogP contribution in [0.4, 0.5) is 0 Å². The zero-order valence-electron chi connectivity index (χ0n) is 18.1. The highest BCUT2D eigenvalue weighted by atomic mass is 16.4. The Morgan fingerprint density at radius 1 is 1.11 bits per heavy atom. The molecule has 162 valence electrons. The van der Waals surface area contributed by atoms with Crippen molar-refractivity contribution in [2.75, 3.05) is 0 Å². The van der Waals surface area contributed by atoms with Gasteiger partial charge in [-0.25, -0.2) is 0 Å². The molecule has 3 fully saturated rings. The molecule has 4 unspecified atom stereocenters. The highest BCUT2D eigenvalue weighted by Gasteiger charge is 2.56. The molecule has 3 rings (SSSR count). The van der Waals surface area contributed by atoms with E-state index in [-0.39, 0.29) is 24.0 Å². The topological polar surface area (TPSA) is 77.8 Å². The minimum absolute atomic E-state index is 0.210. The summed E-state index contributed by atoms with van der Waals surface area (Å²) < 4.78 is 0. The van der Waals surface area contributed by atoms with Gasteiger partial charge in [0.15, 0.2) is 0 Å². The molecule has 0 spiro atoms. The Bertz CT molecular complexity index is 535. The van der Waals surface area contributed by atoms with Gasteiger partial charge >= 0.3 is 5.97 Å². The molecule has 9 atom stereocenters. The number of hydrogen-bond acceptors (Lipinski definition) is 3. The third-order valence-electron chi connectivity index (χ3n) is 8.92. The minimum Gasteiger partial charge on any atom is -0.481 e. The number of carboxylic acids is 1. The van der Waals surface area contributed by atoms with Crippen LogP contribution in [0.1, 0.15) is 91.4 Å². The maximum atomic E-state index is 11.3. The second kappa shape index (κ2) is 9.04. The largest absolute Gasteiger partial charge is 0.481 e. The predicted molar refractivity (Wildman–Crippen MR) is 111 cm³/mol. The second-order valence-corrected chi connectivity index (χ2v) is 10.8. The van der Waals surface area contributed by atoms with Crippen LogP contribution in [0.5, 0.6) is 0 Å². The van der Waals surface area contributed by atoms with E-state index in [0.29, 0.717) is 35.5 Å². The Balaban J connectivity index is 1.77. The third-order valence-corrected chi connectivity index (χ3v) is 8.92. The van der Waals surface area contributed by atoms with E-state index >= 15 is 0 Å². The van der Waals surface area contributed by atoms with Gasteiger partial charge in [0.1, 0.15) is 0 Å². The maximum absolute atomic E-state index is 11.3. The molecule has 0 radical (unpaired) electrons. The fourth-order valence-corrected chi connectivity index (χ4v) is 7.58. The average molecular weight is 395 g/mol. The molecule has 3 saturated carbocycles. The molecule has 4 nitrogen and oxygen atoms in total. The van der Waals surface area contributed by atoms with E-state index in [4.69, 9.17) is 5.11 Å². The molecule has 0 bridgehead atoms. The lowest BCUT2D eigenvalue weighted by molar-refractivity contribution is -0.137. The number of rotatable bonds is 4. The van der Waals surface area contributed by atoms with Gasteiger partial charge in [0.25, 0.3) is 0 Å². The standard InChI is InChI=1S/C24H42O4/c1-15-13-18(25)6-4-5-17-11-12-24(3)19(16(2)7-10-22(27)28)8-9-20(24)23(17)21(26)14-15/h15-21,23,25-26H,4-14H2,1-3H3,(H,27,28)/t15-,16+,17?,18+,19?,20?,21+,23?,24+/m0/s1. The average Bonchev–Trinajstić information content (AvgIpc) is 2.95. The number of fused-ring (bicyclic) bond motifs is 3. The van der Waals surface area contributed by atoms with Gasteiger partial charge < -0.3 is 15.3 Å². The first kappa shape index (κ1) is 22.1. The molecule has 3 aliphatic carbocycles. The molecular weight excluding hydrogens is 352 g/mol. The molecule has 4 heteroatoms. The summed E-state index contributed by atoms with van der Waals surface area (Å²) in [6.07, 6.45) is 10.1. The lowest BCUT2D eigenvalue weighted by Gasteiger charge is -2.52. The summed E-state index contributed by atoms with van der Waals surface area (Å²) in [6, 6.07) is 0. The Morgan fingerprint density at radius 3 is 2.57 bits per heavy atom. The van der Waals surface area contributed by atoms with Crippen molar-refractivity contribution in [2.45, 2.75) is 104 Å². The van der Waals surface area contributed by atoms with Crippen molar-refractivity contribution >= 4 is 5.97 Å². The number of carboxylic acid groups (broad SMARTS) is 1. The van der Waals surface area contributed by atoms with Gasteiger partial charge in [-0.15, -0.1) is 0 Å². The van der Waals surface area contributed by atoms with Crippen LogP contribution < -0.4 is 0 Å². The van der Waals surface area contributed by atoms with Gasteiger partial charge in [-0.2, -0.15) is 0 Å². The van der Waals surface area contributed by atoms with Crippen LogP contribution >= 0.6 is 0 Å². The summed E-state index contributed by atoms with van der Waals surface area (Å²) in [5, 5.41) is 30.6. The smallest absolute Gasteiger partial charge is 0.303 e. The number of aliphatic hydroxyl groups excluding tert-OH is 2. The number of carbonyl (C=O) groups is 1. The monoisotopic (exact) mass is 394 g/mol. The molecule has 0 aliphatic heterocycles. The molecule has 3 N–H and O–H groups in total. The lowest BCUT2D eigenvalue weighted by atomic mass is 9.54. The first-order chi connectivity index (χ1) is 13.2. The van der Waals surface area contributed by atoms with E-state index in [9.17, 15) is 15.0 Å². The first-order valence-electron chi connectivity index (χ1n) is 11.8. The van der Waals surface area contributed by atoms with E-state index in [1.807, 2.05) is 0 Å². The van der Waals surface area contributed by atoms with E-state index in [1.165, 1.54) is 25.7 Å². The Hall–Kier alpha value is -0.610. The molecule has 0 aromatic heterocycles. The van der Waals surface area contributed by atoms with Gasteiger partial charge in [0.2, 0.25) is 0 Å². The van der Waals surface area contributed by atoms with Crippen LogP contribution in [-0.2, 0) is 4.79 Å². The van der Waals surface area contributed by atoms with Crippen LogP contribution in [0.2, 0.25) is 0 Å². The Labute approximate surface area is 171 Å². The van der Waals surface area contributed by atoms with Crippen LogP contribution in [0.3, 0.4) is 0 Å². The maximum Gasteiger partial charge on any atom is 0.303 e. The quantitative estimate of drug-likeness (QED) is 0.636. The van der Waals surface area contributed by atoms with Gasteiger partial charge in [-0.1, -0.05) is 27.2 Å². The molecule has 0 heterocycles. The molecule has 0 aromatic rings. The van der Waals surface area contributed by atoms with Crippen molar-refractivity contribution in [1.82, 2.24) is 0 Å². The molecular formula is C24H42O4. The lowest BCUT2D eigenvalue weighted by Crippen LogP contribution is -2.47. The summed E-state index contributed by atoms with van der Waals surface area (Å²) in [7, 11) is 0. The summed E-state index contributed by atoms with van der Waals surface area (Å²) in [5.74, 6) is 2.23. The third kappa shape index (κ3) is 4.59. The zero-order valence-corrected chi connectivity index (χ0v) is 18.1. The van der Waals surface area contributed by atoms with Crippen molar-refractivity contribution in [2.24, 2.45) is 40.9 Å². The van der Waals surface area contributed by atoms with Gasteiger partial charge in [-0.3, -0.25) is 4.79 Å². The summed E-state index contributed by atoms with van der Waals surface area (Å²) >= 11 is 0. The number of aliphatic carboxylic acids is 1. The fourth-order valence-electron chi connectivity index (χ4n) is 7.58. The van der Waals surface area contributed by atoms with Crippen LogP contribution in [0.15, 0.2) is 0 Å². The van der Waals surface area contributed by atoms with E-state index in [1.54, 1.807) is 0 Å². The molecule has 3 aliphatic rings. The van der Waals surface area contributed by atoms with Crippen molar-refractivity contribution in [3.63, 3.8) is 0 Å². The van der Waals surface area contributed by atoms with Crippen LogP contribution in [0.25, 0.3) is 0 Å². The molecule has 0 amide bonds. The number of aliphatic hydroxyl groups is 2. The normalized spacial score (nSPS) is 45.7. The van der Waals surface area contributed by atoms with Gasteiger partial charge in [-0.05, 0) is 98.7 Å². The van der Waals surface area contributed by atoms with E-state index in [2.05, 4.69) is 20.8 Å². The van der Waals surface area contributed by atoms with E-state index < -0.39 is 5.97 Å². The van der Waals surface area contributed by atoms with E-state index in [0.717, 1.165) is 38.5 Å². The van der Waals surface area contributed by atoms with Crippen LogP contribution in [0, 0.1) is 40.9 Å². The minimum atomic E-state index is -0.686. The first-order valence-corrected chi connectivity index (χ1v) is 11.8. The van der Waals surface area contributed by atoms with Crippen molar-refractivity contribution in [1.29, 1.82) is 0 Å². The van der Waals surface area contributed by atoms with Gasteiger partial charge in [0.05, 0.1) is 12.2 Å². The van der Waals surface area contributed by atoms with Crippen molar-refractivity contribution in [3.05, 3.63) is 0 Å². The summed E-state index contributed by atoms with van der Waals surface area (Å²) in [5.41, 5.74) is 0.243. The van der Waals surface area contributed by atoms with Gasteiger partial charge in [0, 0.05) is 6.42 Å². The molecule has 28 heavy (non-hydrogen) atoms. The predicted octanol–water partition coefficient (Wildman–Crippen LogP) is 4.87.